The van der Waals surface area contributed by atoms with Gasteiger partial charge in [0.2, 0.25) is 0 Å². The summed E-state index contributed by atoms with van der Waals surface area (Å²) in [5.41, 5.74) is 0. The third kappa shape index (κ3) is 16.4. The monoisotopic (exact) mass is 604 g/mol. The van der Waals surface area contributed by atoms with E-state index in [1.54, 1.807) is 0 Å². The van der Waals surface area contributed by atoms with Crippen LogP contribution in [0.25, 0.3) is 0 Å². The fourth-order valence-corrected chi connectivity index (χ4v) is 5.09. The summed E-state index contributed by atoms with van der Waals surface area (Å²) in [6.07, 6.45) is 7.93. The van der Waals surface area contributed by atoms with Gasteiger partial charge in [0, 0.05) is 27.2 Å². The SMILES string of the molecule is CCCCCCCCCCCCCCCCCC(=O)OCC(F)[C@H]1OC(O)[C@@H](OC(C)=O)[C@@H](OC(C)=O)[C@@H]1OC(C)=O. The Kier molecular flexibility index (Phi) is 20.0. The highest BCUT2D eigenvalue weighted by atomic mass is 19.1. The molecule has 0 amide bonds. The van der Waals surface area contributed by atoms with Gasteiger partial charge in [0.15, 0.2) is 30.8 Å². The number of hydrogen-bond donors (Lipinski definition) is 1. The van der Waals surface area contributed by atoms with Gasteiger partial charge < -0.3 is 28.8 Å². The van der Waals surface area contributed by atoms with Gasteiger partial charge in [-0.15, -0.1) is 0 Å². The van der Waals surface area contributed by atoms with Crippen LogP contribution in [0.15, 0.2) is 0 Å². The lowest BCUT2D eigenvalue weighted by molar-refractivity contribution is -0.301. The minimum atomic E-state index is -2.04. The third-order valence-corrected chi connectivity index (χ3v) is 7.20. The molecular weight excluding hydrogens is 551 g/mol. The van der Waals surface area contributed by atoms with E-state index in [1.807, 2.05) is 0 Å². The minimum absolute atomic E-state index is 0.136. The van der Waals surface area contributed by atoms with E-state index < -0.39 is 67.4 Å². The molecule has 0 saturated carbocycles. The van der Waals surface area contributed by atoms with Crippen LogP contribution in [-0.2, 0) is 42.9 Å². The molecule has 0 spiro atoms. The summed E-state index contributed by atoms with van der Waals surface area (Å²) in [5, 5.41) is 10.3. The van der Waals surface area contributed by atoms with Crippen LogP contribution in [-0.4, -0.2) is 72.5 Å². The minimum Gasteiger partial charge on any atom is -0.462 e. The lowest BCUT2D eigenvalue weighted by atomic mass is 9.95. The number of halogens is 1. The van der Waals surface area contributed by atoms with Gasteiger partial charge in [0.05, 0.1) is 0 Å². The Morgan fingerprint density at radius 2 is 1.07 bits per heavy atom. The van der Waals surface area contributed by atoms with Crippen LogP contribution in [0.1, 0.15) is 130 Å². The van der Waals surface area contributed by atoms with Crippen molar-refractivity contribution in [2.75, 3.05) is 6.61 Å². The molecule has 244 valence electrons. The molecule has 0 bridgehead atoms. The van der Waals surface area contributed by atoms with Gasteiger partial charge in [-0.3, -0.25) is 19.2 Å². The van der Waals surface area contributed by atoms with E-state index >= 15 is 4.39 Å². The van der Waals surface area contributed by atoms with Gasteiger partial charge >= 0.3 is 23.9 Å². The molecule has 0 radical (unpaired) electrons. The first-order chi connectivity index (χ1) is 20.1. The Balaban J connectivity index is 2.35. The second kappa shape index (κ2) is 22.3. The topological polar surface area (TPSA) is 135 Å². The van der Waals surface area contributed by atoms with Crippen LogP contribution >= 0.6 is 0 Å². The maximum atomic E-state index is 15.2. The molecule has 0 aromatic heterocycles. The first-order valence-electron chi connectivity index (χ1n) is 15.7. The number of unbranched alkanes of at least 4 members (excludes halogenated alkanes) is 14. The largest absolute Gasteiger partial charge is 0.462 e. The van der Waals surface area contributed by atoms with E-state index in [0.717, 1.165) is 40.0 Å². The molecule has 1 N–H and O–H groups in total. The average Bonchev–Trinajstić information content (AvgIpc) is 2.92. The quantitative estimate of drug-likeness (QED) is 0.0939. The van der Waals surface area contributed by atoms with Crippen LogP contribution in [0.4, 0.5) is 4.39 Å². The average molecular weight is 605 g/mol. The highest BCUT2D eigenvalue weighted by Crippen LogP contribution is 2.30. The summed E-state index contributed by atoms with van der Waals surface area (Å²) >= 11 is 0. The molecule has 1 aliphatic heterocycles. The molecule has 0 aromatic rings. The van der Waals surface area contributed by atoms with Gasteiger partial charge in [0.1, 0.15) is 12.7 Å². The molecule has 2 unspecified atom stereocenters. The molecule has 42 heavy (non-hydrogen) atoms. The maximum absolute atomic E-state index is 15.2. The summed E-state index contributed by atoms with van der Waals surface area (Å²) in [6.45, 7) is 4.68. The number of alkyl halides is 1. The van der Waals surface area contributed by atoms with E-state index in [4.69, 9.17) is 23.7 Å². The van der Waals surface area contributed by atoms with Crippen molar-refractivity contribution in [2.24, 2.45) is 0 Å². The fraction of sp³-hybridized carbons (Fsp3) is 0.871. The second-order valence-corrected chi connectivity index (χ2v) is 11.1. The summed E-state index contributed by atoms with van der Waals surface area (Å²) in [7, 11) is 0. The zero-order valence-electron chi connectivity index (χ0n) is 26.0. The predicted molar refractivity (Wildman–Crippen MR) is 153 cm³/mol. The normalized spacial score (nSPS) is 22.7. The zero-order valence-corrected chi connectivity index (χ0v) is 26.0. The first-order valence-corrected chi connectivity index (χ1v) is 15.7. The Labute approximate surface area is 250 Å². The summed E-state index contributed by atoms with van der Waals surface area (Å²) in [6, 6.07) is 0. The molecule has 6 atom stereocenters. The number of aliphatic hydroxyl groups excluding tert-OH is 1. The fourth-order valence-electron chi connectivity index (χ4n) is 5.09. The Morgan fingerprint density at radius 1 is 0.667 bits per heavy atom. The lowest BCUT2D eigenvalue weighted by Crippen LogP contribution is -2.63. The van der Waals surface area contributed by atoms with Crippen LogP contribution in [0.5, 0.6) is 0 Å². The van der Waals surface area contributed by atoms with E-state index in [2.05, 4.69) is 6.92 Å². The van der Waals surface area contributed by atoms with Crippen molar-refractivity contribution < 1.29 is 52.4 Å². The van der Waals surface area contributed by atoms with Gasteiger partial charge in [0.25, 0.3) is 0 Å². The number of carbonyl (C=O) groups excluding carboxylic acids is 4. The van der Waals surface area contributed by atoms with Gasteiger partial charge in [-0.05, 0) is 6.42 Å². The van der Waals surface area contributed by atoms with Crippen LogP contribution < -0.4 is 0 Å². The molecule has 11 heteroatoms. The third-order valence-electron chi connectivity index (χ3n) is 7.20. The number of carbonyl (C=O) groups is 4. The first kappa shape index (κ1) is 37.8. The van der Waals surface area contributed by atoms with Crippen molar-refractivity contribution >= 4 is 23.9 Å². The Hall–Kier alpha value is -2.27. The van der Waals surface area contributed by atoms with Crippen molar-refractivity contribution in [2.45, 2.75) is 167 Å². The molecule has 0 aromatic carbocycles. The van der Waals surface area contributed by atoms with Crippen LogP contribution in [0, 0.1) is 0 Å². The number of esters is 4. The zero-order chi connectivity index (χ0) is 31.3. The van der Waals surface area contributed by atoms with E-state index in [0.29, 0.717) is 6.42 Å². The van der Waals surface area contributed by atoms with Crippen molar-refractivity contribution in [3.05, 3.63) is 0 Å². The Morgan fingerprint density at radius 3 is 1.52 bits per heavy atom. The summed E-state index contributed by atoms with van der Waals surface area (Å²) < 4.78 is 40.8. The smallest absolute Gasteiger partial charge is 0.305 e. The number of aliphatic hydroxyl groups is 1. The second-order valence-electron chi connectivity index (χ2n) is 11.1. The van der Waals surface area contributed by atoms with Crippen molar-refractivity contribution in [3.63, 3.8) is 0 Å². The van der Waals surface area contributed by atoms with Gasteiger partial charge in [-0.1, -0.05) is 96.8 Å². The van der Waals surface area contributed by atoms with E-state index in [9.17, 15) is 24.3 Å². The van der Waals surface area contributed by atoms with E-state index in [1.165, 1.54) is 70.6 Å². The van der Waals surface area contributed by atoms with Crippen LogP contribution in [0.2, 0.25) is 0 Å². The molecule has 1 heterocycles. The number of rotatable bonds is 22. The van der Waals surface area contributed by atoms with Gasteiger partial charge in [-0.2, -0.15) is 0 Å². The molecule has 1 aliphatic rings. The van der Waals surface area contributed by atoms with Crippen molar-refractivity contribution in [1.29, 1.82) is 0 Å². The summed E-state index contributed by atoms with van der Waals surface area (Å²) in [4.78, 5) is 47.0. The predicted octanol–water partition coefficient (Wildman–Crippen LogP) is 5.64. The number of ether oxygens (including phenoxy) is 5. The van der Waals surface area contributed by atoms with Crippen molar-refractivity contribution in [3.8, 4) is 0 Å². The maximum Gasteiger partial charge on any atom is 0.305 e. The van der Waals surface area contributed by atoms with E-state index in [-0.39, 0.29) is 6.42 Å². The van der Waals surface area contributed by atoms with Crippen molar-refractivity contribution in [1.82, 2.24) is 0 Å². The molecule has 1 saturated heterocycles. The Bertz CT molecular complexity index is 792. The molecule has 1 fully saturated rings. The lowest BCUT2D eigenvalue weighted by Gasteiger charge is -2.43. The molecule has 1 rings (SSSR count). The molecule has 0 aliphatic carbocycles. The van der Waals surface area contributed by atoms with Crippen LogP contribution in [0.3, 0.4) is 0 Å². The standard InChI is InChI=1S/C31H53FO10/c1-5-6-7-8-9-10-11-12-13-14-15-16-17-18-19-20-26(36)38-21-25(32)27-28(39-22(2)33)29(40-23(3)34)30(31(37)42-27)41-24(4)35/h25,27-31,37H,5-21H2,1-4H3/t25?,27-,28-,29+,30+,31?/m1/s1. The highest BCUT2D eigenvalue weighted by molar-refractivity contribution is 5.69. The molecular formula is C31H53FO10. The molecule has 10 nitrogen and oxygen atoms in total. The van der Waals surface area contributed by atoms with Gasteiger partial charge in [-0.25, -0.2) is 4.39 Å². The number of hydrogen-bond acceptors (Lipinski definition) is 10. The summed E-state index contributed by atoms with van der Waals surface area (Å²) in [5.74, 6) is -3.10. The highest BCUT2D eigenvalue weighted by Gasteiger charge is 2.54.